The predicted molar refractivity (Wildman–Crippen MR) is 101 cm³/mol. The summed E-state index contributed by atoms with van der Waals surface area (Å²) in [6.45, 7) is 0.841. The fourth-order valence-electron chi connectivity index (χ4n) is 3.50. The van der Waals surface area contributed by atoms with Gasteiger partial charge in [-0.1, -0.05) is 46.9 Å². The van der Waals surface area contributed by atoms with Crippen molar-refractivity contribution in [2.24, 2.45) is 0 Å². The molecular weight excluding hydrogens is 396 g/mol. The molecule has 0 bridgehead atoms. The lowest BCUT2D eigenvalue weighted by atomic mass is 10.1. The Bertz CT molecular complexity index is 1010. The number of nitrogens with zero attached hydrogens (tertiary/aromatic N) is 5. The van der Waals surface area contributed by atoms with Crippen LogP contribution in [-0.2, 0) is 16.0 Å². The molecule has 0 aliphatic carbocycles. The van der Waals surface area contributed by atoms with Gasteiger partial charge in [0, 0.05) is 5.56 Å². The summed E-state index contributed by atoms with van der Waals surface area (Å²) < 4.78 is 12.7. The Morgan fingerprint density at radius 2 is 2.00 bits per heavy atom. The molecule has 4 atom stereocenters. The van der Waals surface area contributed by atoms with Gasteiger partial charge in [0.25, 0.3) is 5.91 Å². The maximum absolute atomic E-state index is 12.4. The lowest BCUT2D eigenvalue weighted by Gasteiger charge is -2.14. The number of aromatic nitrogens is 5. The van der Waals surface area contributed by atoms with Crippen molar-refractivity contribution in [3.63, 3.8) is 0 Å². The Kier molecular flexibility index (Phi) is 4.79. The van der Waals surface area contributed by atoms with Crippen LogP contribution in [0.15, 0.2) is 36.5 Å². The van der Waals surface area contributed by atoms with Crippen molar-refractivity contribution in [3.8, 4) is 10.6 Å². The lowest BCUT2D eigenvalue weighted by molar-refractivity contribution is 0.0169. The third kappa shape index (κ3) is 3.53. The summed E-state index contributed by atoms with van der Waals surface area (Å²) in [6.07, 6.45) is 0.275. The van der Waals surface area contributed by atoms with Gasteiger partial charge in [0.15, 0.2) is 5.69 Å². The molecule has 2 aliphatic rings. The number of aliphatic hydroxyl groups excluding tert-OH is 1. The minimum absolute atomic E-state index is 0.194. The number of nitrogens with one attached hydrogen (secondary N) is 1. The molecular formula is C18H18N6O4S. The standard InChI is InChI=1S/C18H18N6O4S/c25-13-9-28-15-12(8-27-16(13)15)24-7-11(20-23-24)17(26)19-6-14-21-22-18(29-14)10-4-2-1-3-5-10/h1-5,7,12-13,15-16,25H,6,8-9H2,(H,19,26)/t12-,13-,15-,16-/m1/s1. The lowest BCUT2D eigenvalue weighted by Crippen LogP contribution is -2.30. The SMILES string of the molecule is O=C(NCc1nnc(-c2ccccc2)s1)c1cn([C@@H]2CO[C@H]3[C@@H]2OC[C@H]3O)nn1. The highest BCUT2D eigenvalue weighted by Crippen LogP contribution is 2.33. The topological polar surface area (TPSA) is 124 Å². The van der Waals surface area contributed by atoms with E-state index in [9.17, 15) is 9.90 Å². The molecule has 3 aromatic rings. The maximum Gasteiger partial charge on any atom is 0.273 e. The van der Waals surface area contributed by atoms with E-state index in [-0.39, 0.29) is 43.0 Å². The van der Waals surface area contributed by atoms with Gasteiger partial charge in [-0.3, -0.25) is 4.79 Å². The molecule has 1 amide bonds. The molecule has 10 nitrogen and oxygen atoms in total. The van der Waals surface area contributed by atoms with Crippen molar-refractivity contribution >= 4 is 17.2 Å². The number of carbonyl (C=O) groups excluding carboxylic acids is 1. The number of carbonyl (C=O) groups is 1. The fraction of sp³-hybridized carbons (Fsp3) is 0.389. The van der Waals surface area contributed by atoms with Gasteiger partial charge in [-0.25, -0.2) is 4.68 Å². The van der Waals surface area contributed by atoms with Crippen molar-refractivity contribution in [2.75, 3.05) is 13.2 Å². The van der Waals surface area contributed by atoms with E-state index in [0.717, 1.165) is 10.6 Å². The molecule has 5 rings (SSSR count). The monoisotopic (exact) mass is 414 g/mol. The number of fused-ring (bicyclic) bond motifs is 1. The van der Waals surface area contributed by atoms with E-state index in [1.165, 1.54) is 11.3 Å². The smallest absolute Gasteiger partial charge is 0.273 e. The number of hydrogen-bond donors (Lipinski definition) is 2. The maximum atomic E-state index is 12.4. The van der Waals surface area contributed by atoms with Gasteiger partial charge < -0.3 is 19.9 Å². The van der Waals surface area contributed by atoms with Crippen LogP contribution in [0.1, 0.15) is 21.5 Å². The highest BCUT2D eigenvalue weighted by Gasteiger charge is 2.48. The van der Waals surface area contributed by atoms with Crippen LogP contribution in [0.2, 0.25) is 0 Å². The molecule has 2 fully saturated rings. The molecule has 0 saturated carbocycles. The van der Waals surface area contributed by atoms with Crippen molar-refractivity contribution in [1.29, 1.82) is 0 Å². The number of rotatable bonds is 5. The van der Waals surface area contributed by atoms with Gasteiger partial charge in [-0.05, 0) is 0 Å². The minimum Gasteiger partial charge on any atom is -0.388 e. The largest absolute Gasteiger partial charge is 0.388 e. The van der Waals surface area contributed by atoms with E-state index in [1.807, 2.05) is 30.3 Å². The number of hydrogen-bond acceptors (Lipinski definition) is 9. The summed E-state index contributed by atoms with van der Waals surface area (Å²) in [5.74, 6) is -0.351. The molecule has 2 saturated heterocycles. The molecule has 4 heterocycles. The number of amides is 1. The summed E-state index contributed by atoms with van der Waals surface area (Å²) >= 11 is 1.42. The summed E-state index contributed by atoms with van der Waals surface area (Å²) in [5.41, 5.74) is 1.18. The molecule has 2 N–H and O–H groups in total. The Hall–Kier alpha value is -2.73. The van der Waals surface area contributed by atoms with Gasteiger partial charge in [0.2, 0.25) is 0 Å². The van der Waals surface area contributed by atoms with Crippen LogP contribution >= 0.6 is 11.3 Å². The highest BCUT2D eigenvalue weighted by atomic mass is 32.1. The van der Waals surface area contributed by atoms with Crippen LogP contribution in [0, 0.1) is 0 Å². The summed E-state index contributed by atoms with van der Waals surface area (Å²) in [6, 6.07) is 9.53. The number of ether oxygens (including phenoxy) is 2. The zero-order valence-corrected chi connectivity index (χ0v) is 16.0. The van der Waals surface area contributed by atoms with Gasteiger partial charge in [-0.2, -0.15) is 0 Å². The molecule has 11 heteroatoms. The number of benzene rings is 1. The van der Waals surface area contributed by atoms with E-state index >= 15 is 0 Å². The first kappa shape index (κ1) is 18.3. The van der Waals surface area contributed by atoms with Crippen LogP contribution < -0.4 is 5.32 Å². The average molecular weight is 414 g/mol. The zero-order valence-electron chi connectivity index (χ0n) is 15.2. The quantitative estimate of drug-likeness (QED) is 0.616. The van der Waals surface area contributed by atoms with E-state index < -0.39 is 6.10 Å². The Balaban J connectivity index is 1.21. The molecule has 1 aromatic carbocycles. The van der Waals surface area contributed by atoms with Gasteiger partial charge in [0.1, 0.15) is 34.4 Å². The van der Waals surface area contributed by atoms with Crippen LogP contribution in [0.25, 0.3) is 10.6 Å². The fourth-order valence-corrected chi connectivity index (χ4v) is 4.28. The second-order valence-electron chi connectivity index (χ2n) is 6.86. The van der Waals surface area contributed by atoms with Gasteiger partial charge in [0.05, 0.1) is 26.0 Å². The Morgan fingerprint density at radius 3 is 2.86 bits per heavy atom. The van der Waals surface area contributed by atoms with Crippen LogP contribution in [0.5, 0.6) is 0 Å². The van der Waals surface area contributed by atoms with Crippen molar-refractivity contribution in [3.05, 3.63) is 47.2 Å². The molecule has 0 spiro atoms. The minimum atomic E-state index is -0.635. The molecule has 29 heavy (non-hydrogen) atoms. The molecule has 0 unspecified atom stereocenters. The van der Waals surface area contributed by atoms with Crippen molar-refractivity contribution < 1.29 is 19.4 Å². The first-order valence-corrected chi connectivity index (χ1v) is 10.00. The molecule has 2 aliphatic heterocycles. The third-order valence-electron chi connectivity index (χ3n) is 4.97. The van der Waals surface area contributed by atoms with Crippen LogP contribution in [-0.4, -0.2) is 67.7 Å². The second kappa shape index (κ2) is 7.59. The van der Waals surface area contributed by atoms with E-state index in [2.05, 4.69) is 25.8 Å². The molecule has 2 aromatic heterocycles. The third-order valence-corrected chi connectivity index (χ3v) is 5.94. The van der Waals surface area contributed by atoms with Crippen molar-refractivity contribution in [1.82, 2.24) is 30.5 Å². The highest BCUT2D eigenvalue weighted by molar-refractivity contribution is 7.14. The average Bonchev–Trinajstić information content (AvgIpc) is 3.52. The zero-order chi connectivity index (χ0) is 19.8. The first-order chi connectivity index (χ1) is 14.2. The predicted octanol–water partition coefficient (Wildman–Crippen LogP) is 0.426. The summed E-state index contributed by atoms with van der Waals surface area (Å²) in [4.78, 5) is 12.4. The number of aliphatic hydroxyl groups is 1. The summed E-state index contributed by atoms with van der Waals surface area (Å²) in [5, 5.41) is 30.4. The second-order valence-corrected chi connectivity index (χ2v) is 7.93. The van der Waals surface area contributed by atoms with Gasteiger partial charge >= 0.3 is 0 Å². The van der Waals surface area contributed by atoms with Crippen molar-refractivity contribution in [2.45, 2.75) is 30.9 Å². The van der Waals surface area contributed by atoms with Crippen LogP contribution in [0.4, 0.5) is 0 Å². The van der Waals surface area contributed by atoms with E-state index in [4.69, 9.17) is 9.47 Å². The molecule has 0 radical (unpaired) electrons. The Morgan fingerprint density at radius 1 is 1.17 bits per heavy atom. The first-order valence-electron chi connectivity index (χ1n) is 9.18. The summed E-state index contributed by atoms with van der Waals surface area (Å²) in [7, 11) is 0. The van der Waals surface area contributed by atoms with Crippen LogP contribution in [0.3, 0.4) is 0 Å². The Labute approximate surface area is 169 Å². The molecule has 150 valence electrons. The normalized spacial score (nSPS) is 25.8. The van der Waals surface area contributed by atoms with Gasteiger partial charge in [-0.15, -0.1) is 15.3 Å². The van der Waals surface area contributed by atoms with E-state index in [1.54, 1.807) is 10.9 Å². The van der Waals surface area contributed by atoms with E-state index in [0.29, 0.717) is 11.6 Å².